The van der Waals surface area contributed by atoms with Gasteiger partial charge in [0.2, 0.25) is 0 Å². The average Bonchev–Trinajstić information content (AvgIpc) is 2.72. The van der Waals surface area contributed by atoms with Crippen LogP contribution in [0.5, 0.6) is 0 Å². The van der Waals surface area contributed by atoms with Gasteiger partial charge in [-0.2, -0.15) is 4.98 Å². The number of carboxylic acid groups (broad SMARTS) is 2. The van der Waals surface area contributed by atoms with E-state index in [4.69, 9.17) is 21.7 Å². The second kappa shape index (κ2) is 10.8. The summed E-state index contributed by atoms with van der Waals surface area (Å²) in [5, 5.41) is 20.2. The second-order valence-corrected chi connectivity index (χ2v) is 7.15. The monoisotopic (exact) mass is 443 g/mol. The highest BCUT2D eigenvalue weighted by Crippen LogP contribution is 2.22. The number of hydrogen-bond acceptors (Lipinski definition) is 7. The molecule has 0 saturated heterocycles. The van der Waals surface area contributed by atoms with E-state index in [9.17, 15) is 19.2 Å². The number of rotatable bonds is 11. The number of anilines is 2. The van der Waals surface area contributed by atoms with Crippen LogP contribution in [0.3, 0.4) is 0 Å². The fourth-order valence-electron chi connectivity index (χ4n) is 3.04. The third-order valence-corrected chi connectivity index (χ3v) is 4.81. The number of carbonyl (C=O) groups excluding carboxylic acids is 1. The quantitative estimate of drug-likeness (QED) is 0.293. The number of carboxylic acids is 2. The van der Waals surface area contributed by atoms with Gasteiger partial charge in [0, 0.05) is 17.5 Å². The minimum Gasteiger partial charge on any atom is -0.481 e. The fraction of sp³-hybridized carbons (Fsp3) is 0.286. The molecule has 1 atom stereocenters. The van der Waals surface area contributed by atoms with E-state index in [0.29, 0.717) is 24.8 Å². The van der Waals surface area contributed by atoms with E-state index in [2.05, 4.69) is 21.9 Å². The predicted molar refractivity (Wildman–Crippen MR) is 118 cm³/mol. The summed E-state index contributed by atoms with van der Waals surface area (Å²) in [5.41, 5.74) is 13.3. The van der Waals surface area contributed by atoms with Crippen LogP contribution in [-0.2, 0) is 16.0 Å². The van der Waals surface area contributed by atoms with Gasteiger partial charge in [0.05, 0.1) is 0 Å². The molecule has 0 aliphatic carbocycles. The highest BCUT2D eigenvalue weighted by molar-refractivity contribution is 5.96. The number of aromatic nitrogens is 2. The molecule has 0 radical (unpaired) electrons. The number of allylic oxidation sites excluding steroid dienone is 1. The van der Waals surface area contributed by atoms with Gasteiger partial charge in [-0.05, 0) is 49.0 Å². The van der Waals surface area contributed by atoms with Crippen molar-refractivity contribution < 1.29 is 24.6 Å². The van der Waals surface area contributed by atoms with Gasteiger partial charge in [0.1, 0.15) is 17.7 Å². The maximum absolute atomic E-state index is 12.3. The van der Waals surface area contributed by atoms with Crippen LogP contribution in [0, 0.1) is 0 Å². The first-order valence-electron chi connectivity index (χ1n) is 9.76. The van der Waals surface area contributed by atoms with Gasteiger partial charge < -0.3 is 27.0 Å². The number of nitrogens with zero attached hydrogens (tertiary/aromatic N) is 1. The van der Waals surface area contributed by atoms with E-state index in [1.54, 1.807) is 12.1 Å². The predicted octanol–water partition coefficient (Wildman–Crippen LogP) is 1.02. The zero-order chi connectivity index (χ0) is 23.8. The molecule has 1 heterocycles. The Kier molecular flexibility index (Phi) is 8.11. The SMILES string of the molecule is C=C(CCCc1c(N)nc(=O)[nH]c1N)c1ccc(C(=O)N[C@@H](CCC(=O)O)C(=O)O)cc1. The molecule has 11 nitrogen and oxygen atoms in total. The van der Waals surface area contributed by atoms with E-state index in [1.807, 2.05) is 0 Å². The van der Waals surface area contributed by atoms with E-state index in [-0.39, 0.29) is 30.0 Å². The Labute approximate surface area is 183 Å². The molecule has 0 unspecified atom stereocenters. The summed E-state index contributed by atoms with van der Waals surface area (Å²) in [6, 6.07) is 5.15. The third-order valence-electron chi connectivity index (χ3n) is 4.81. The number of aromatic amines is 1. The van der Waals surface area contributed by atoms with Gasteiger partial charge in [-0.1, -0.05) is 18.7 Å². The standard InChI is InChI=1S/C21H25N5O6/c1-11(3-2-4-14-17(22)25-21(32)26-18(14)23)12-5-7-13(8-6-12)19(29)24-15(20(30)31)9-10-16(27)28/h5-8,15H,1-4,9-10H2,(H,24,29)(H,27,28)(H,30,31)(H5,22,23,25,26,32)/t15-/m0/s1. The van der Waals surface area contributed by atoms with Crippen LogP contribution in [0.15, 0.2) is 35.6 Å². The minimum absolute atomic E-state index is 0.0928. The molecule has 2 aromatic rings. The second-order valence-electron chi connectivity index (χ2n) is 7.15. The van der Waals surface area contributed by atoms with Crippen LogP contribution in [-0.4, -0.2) is 44.1 Å². The molecular weight excluding hydrogens is 418 g/mol. The zero-order valence-electron chi connectivity index (χ0n) is 17.3. The van der Waals surface area contributed by atoms with Crippen molar-refractivity contribution >= 4 is 35.1 Å². The summed E-state index contributed by atoms with van der Waals surface area (Å²) in [6.45, 7) is 4.03. The van der Waals surface area contributed by atoms with Crippen molar-refractivity contribution in [3.63, 3.8) is 0 Å². The molecule has 0 saturated carbocycles. The number of hydrogen-bond donors (Lipinski definition) is 6. The number of amides is 1. The number of nitrogens with two attached hydrogens (primary N) is 2. The van der Waals surface area contributed by atoms with E-state index < -0.39 is 29.6 Å². The third kappa shape index (κ3) is 6.69. The number of nitrogen functional groups attached to an aromatic ring is 2. The lowest BCUT2D eigenvalue weighted by molar-refractivity contribution is -0.140. The van der Waals surface area contributed by atoms with E-state index in [0.717, 1.165) is 11.1 Å². The molecule has 0 aliphatic heterocycles. The molecule has 1 aromatic heterocycles. The van der Waals surface area contributed by atoms with E-state index in [1.165, 1.54) is 12.1 Å². The number of carbonyl (C=O) groups is 3. The van der Waals surface area contributed by atoms with Gasteiger partial charge in [0.15, 0.2) is 0 Å². The Morgan fingerprint density at radius 3 is 2.28 bits per heavy atom. The largest absolute Gasteiger partial charge is 0.481 e. The number of aliphatic carboxylic acids is 2. The Morgan fingerprint density at radius 2 is 1.72 bits per heavy atom. The normalized spacial score (nSPS) is 11.5. The zero-order valence-corrected chi connectivity index (χ0v) is 17.3. The molecule has 2 rings (SSSR count). The summed E-state index contributed by atoms with van der Waals surface area (Å²) in [5.74, 6) is -2.78. The molecule has 8 N–H and O–H groups in total. The van der Waals surface area contributed by atoms with Crippen LogP contribution in [0.4, 0.5) is 11.6 Å². The first kappa shape index (κ1) is 24.1. The lowest BCUT2D eigenvalue weighted by Gasteiger charge is -2.14. The lowest BCUT2D eigenvalue weighted by Crippen LogP contribution is -2.41. The molecule has 0 fully saturated rings. The van der Waals surface area contributed by atoms with E-state index >= 15 is 0 Å². The Bertz CT molecular complexity index is 1050. The molecule has 11 heteroatoms. The summed E-state index contributed by atoms with van der Waals surface area (Å²) >= 11 is 0. The molecule has 1 aromatic carbocycles. The van der Waals surface area contributed by atoms with Crippen LogP contribution in [0.25, 0.3) is 5.57 Å². The van der Waals surface area contributed by atoms with Gasteiger partial charge in [0.25, 0.3) is 5.91 Å². The number of benzene rings is 1. The first-order chi connectivity index (χ1) is 15.1. The molecule has 0 spiro atoms. The van der Waals surface area contributed by atoms with Crippen molar-refractivity contribution in [2.45, 2.75) is 38.1 Å². The molecule has 0 aliphatic rings. The molecule has 1 amide bonds. The lowest BCUT2D eigenvalue weighted by atomic mass is 9.99. The van der Waals surface area contributed by atoms with Crippen LogP contribution >= 0.6 is 0 Å². The fourth-order valence-corrected chi connectivity index (χ4v) is 3.04. The Balaban J connectivity index is 1.94. The first-order valence-corrected chi connectivity index (χ1v) is 9.76. The van der Waals surface area contributed by atoms with Gasteiger partial charge >= 0.3 is 17.6 Å². The van der Waals surface area contributed by atoms with Crippen molar-refractivity contribution in [2.75, 3.05) is 11.5 Å². The summed E-state index contributed by atoms with van der Waals surface area (Å²) in [6.07, 6.45) is 1.15. The Hall–Kier alpha value is -4.15. The highest BCUT2D eigenvalue weighted by atomic mass is 16.4. The average molecular weight is 443 g/mol. The smallest absolute Gasteiger partial charge is 0.348 e. The molecular formula is C21H25N5O6. The molecule has 32 heavy (non-hydrogen) atoms. The van der Waals surface area contributed by atoms with Crippen molar-refractivity contribution in [1.82, 2.24) is 15.3 Å². The summed E-state index contributed by atoms with van der Waals surface area (Å²) in [7, 11) is 0. The number of H-pyrrole nitrogens is 1. The molecule has 170 valence electrons. The number of nitrogens with one attached hydrogen (secondary N) is 2. The minimum atomic E-state index is -1.30. The van der Waals surface area contributed by atoms with Gasteiger partial charge in [-0.15, -0.1) is 0 Å². The van der Waals surface area contributed by atoms with Crippen LogP contribution < -0.4 is 22.5 Å². The highest BCUT2D eigenvalue weighted by Gasteiger charge is 2.21. The summed E-state index contributed by atoms with van der Waals surface area (Å²) < 4.78 is 0. The van der Waals surface area contributed by atoms with Crippen LogP contribution in [0.1, 0.15) is 47.2 Å². The van der Waals surface area contributed by atoms with Gasteiger partial charge in [-0.25, -0.2) is 9.59 Å². The maximum atomic E-state index is 12.3. The van der Waals surface area contributed by atoms with Crippen molar-refractivity contribution in [3.8, 4) is 0 Å². The molecule has 0 bridgehead atoms. The van der Waals surface area contributed by atoms with Crippen molar-refractivity contribution in [1.29, 1.82) is 0 Å². The van der Waals surface area contributed by atoms with Crippen molar-refractivity contribution in [3.05, 3.63) is 58.0 Å². The Morgan fingerprint density at radius 1 is 1.09 bits per heavy atom. The van der Waals surface area contributed by atoms with Gasteiger partial charge in [-0.3, -0.25) is 14.6 Å². The van der Waals surface area contributed by atoms with Crippen molar-refractivity contribution in [2.24, 2.45) is 0 Å². The summed E-state index contributed by atoms with van der Waals surface area (Å²) in [4.78, 5) is 51.4. The van der Waals surface area contributed by atoms with Crippen LogP contribution in [0.2, 0.25) is 0 Å². The topological polar surface area (TPSA) is 201 Å². The maximum Gasteiger partial charge on any atom is 0.348 e.